The minimum atomic E-state index is -1.03. The molecule has 3 aromatic rings. The number of aromatic hydroxyl groups is 1. The molecule has 1 aromatic carbocycles. The van der Waals surface area contributed by atoms with E-state index in [2.05, 4.69) is 10.1 Å². The van der Waals surface area contributed by atoms with Crippen LogP contribution in [0.5, 0.6) is 5.75 Å². The summed E-state index contributed by atoms with van der Waals surface area (Å²) in [7, 11) is 1.58. The molecule has 0 spiro atoms. The van der Waals surface area contributed by atoms with E-state index in [0.29, 0.717) is 16.8 Å². The molecule has 96 valence electrons. The highest BCUT2D eigenvalue weighted by Gasteiger charge is 2.14. The highest BCUT2D eigenvalue weighted by atomic mass is 16.4. The van der Waals surface area contributed by atoms with Crippen molar-refractivity contribution in [3.05, 3.63) is 36.0 Å². The summed E-state index contributed by atoms with van der Waals surface area (Å²) < 4.78 is 1.31. The molecular weight excluding hydrogens is 246 g/mol. The minimum Gasteiger partial charge on any atom is -0.507 e. The number of hydrogen-bond donors (Lipinski definition) is 3. The summed E-state index contributed by atoms with van der Waals surface area (Å²) in [5.74, 6) is -0.852. The number of phenolic OH excluding ortho intramolecular Hbond substituents is 1. The number of fused-ring (bicyclic) bond motifs is 1. The molecule has 0 unspecified atom stereocenters. The Kier molecular flexibility index (Phi) is 2.31. The van der Waals surface area contributed by atoms with Crippen LogP contribution in [0.1, 0.15) is 10.5 Å². The highest BCUT2D eigenvalue weighted by molar-refractivity contribution is 5.91. The topological polar surface area (TPSA) is 91.1 Å². The second kappa shape index (κ2) is 3.88. The lowest BCUT2D eigenvalue weighted by Crippen LogP contribution is -2.04. The van der Waals surface area contributed by atoms with Crippen LogP contribution in [-0.4, -0.2) is 30.9 Å². The Bertz CT molecular complexity index is 786. The maximum absolute atomic E-state index is 11.0. The fourth-order valence-electron chi connectivity index (χ4n) is 2.08. The van der Waals surface area contributed by atoms with Crippen LogP contribution in [0.3, 0.4) is 0 Å². The Morgan fingerprint density at radius 1 is 1.37 bits per heavy atom. The number of aromatic nitrogens is 3. The molecule has 0 fully saturated rings. The standard InChI is InChI=1S/C13H11N3O3/c1-16-11(13(18)19)6-10(15-16)9-5-7-8(14-9)3-2-4-12(7)17/h2-6,14,17H,1H3,(H,18,19). The summed E-state index contributed by atoms with van der Waals surface area (Å²) in [6, 6.07) is 8.41. The first-order valence-electron chi connectivity index (χ1n) is 5.64. The molecule has 0 saturated heterocycles. The average Bonchev–Trinajstić information content (AvgIpc) is 2.93. The van der Waals surface area contributed by atoms with Crippen molar-refractivity contribution in [3.63, 3.8) is 0 Å². The van der Waals surface area contributed by atoms with E-state index in [9.17, 15) is 9.90 Å². The molecule has 6 nitrogen and oxygen atoms in total. The third-order valence-electron chi connectivity index (χ3n) is 3.02. The van der Waals surface area contributed by atoms with E-state index in [1.54, 1.807) is 25.2 Å². The molecular formula is C13H11N3O3. The summed E-state index contributed by atoms with van der Waals surface area (Å²) in [6.45, 7) is 0. The normalized spacial score (nSPS) is 11.0. The predicted octanol–water partition coefficient (Wildman–Crippen LogP) is 1.97. The van der Waals surface area contributed by atoms with Crippen LogP contribution in [-0.2, 0) is 7.05 Å². The van der Waals surface area contributed by atoms with Gasteiger partial charge in [-0.1, -0.05) is 6.07 Å². The van der Waals surface area contributed by atoms with Crippen LogP contribution >= 0.6 is 0 Å². The molecule has 3 N–H and O–H groups in total. The zero-order chi connectivity index (χ0) is 13.6. The van der Waals surface area contributed by atoms with Gasteiger partial charge in [0.15, 0.2) is 0 Å². The molecule has 0 aliphatic carbocycles. The van der Waals surface area contributed by atoms with E-state index >= 15 is 0 Å². The Hall–Kier alpha value is -2.76. The number of phenols is 1. The maximum atomic E-state index is 11.0. The van der Waals surface area contributed by atoms with Crippen LogP contribution < -0.4 is 0 Å². The van der Waals surface area contributed by atoms with E-state index in [1.165, 1.54) is 10.7 Å². The third kappa shape index (κ3) is 1.74. The Morgan fingerprint density at radius 2 is 2.16 bits per heavy atom. The van der Waals surface area contributed by atoms with Crippen molar-refractivity contribution >= 4 is 16.9 Å². The number of carboxylic acids is 1. The molecule has 6 heteroatoms. The van der Waals surface area contributed by atoms with Crippen molar-refractivity contribution in [3.8, 4) is 17.1 Å². The zero-order valence-electron chi connectivity index (χ0n) is 10.1. The number of nitrogens with zero attached hydrogens (tertiary/aromatic N) is 2. The zero-order valence-corrected chi connectivity index (χ0v) is 10.1. The SMILES string of the molecule is Cn1nc(-c2cc3c(O)cccc3[nH]2)cc1C(=O)O. The number of benzene rings is 1. The lowest BCUT2D eigenvalue weighted by Gasteiger charge is -1.91. The molecule has 2 aromatic heterocycles. The molecule has 0 saturated carbocycles. The van der Waals surface area contributed by atoms with Crippen molar-refractivity contribution in [2.24, 2.45) is 7.05 Å². The molecule has 0 aliphatic heterocycles. The molecule has 0 bridgehead atoms. The average molecular weight is 257 g/mol. The number of carbonyl (C=O) groups is 1. The fraction of sp³-hybridized carbons (Fsp3) is 0.0769. The minimum absolute atomic E-state index is 0.109. The Morgan fingerprint density at radius 3 is 2.79 bits per heavy atom. The van der Waals surface area contributed by atoms with Crippen LogP contribution in [0.4, 0.5) is 0 Å². The second-order valence-corrected chi connectivity index (χ2v) is 4.26. The van der Waals surface area contributed by atoms with Gasteiger partial charge in [0.25, 0.3) is 0 Å². The van der Waals surface area contributed by atoms with Gasteiger partial charge in [-0.05, 0) is 18.2 Å². The quantitative estimate of drug-likeness (QED) is 0.654. The lowest BCUT2D eigenvalue weighted by molar-refractivity contribution is 0.0685. The summed E-state index contributed by atoms with van der Waals surface area (Å²) in [5, 5.41) is 23.6. The van der Waals surface area contributed by atoms with Gasteiger partial charge in [0.2, 0.25) is 0 Å². The number of aromatic amines is 1. The third-order valence-corrected chi connectivity index (χ3v) is 3.02. The number of hydrogen-bond acceptors (Lipinski definition) is 3. The number of aromatic carboxylic acids is 1. The molecule has 0 radical (unpaired) electrons. The van der Waals surface area contributed by atoms with Gasteiger partial charge in [0.05, 0.1) is 5.69 Å². The van der Waals surface area contributed by atoms with Gasteiger partial charge in [0.1, 0.15) is 17.1 Å². The molecule has 3 rings (SSSR count). The van der Waals surface area contributed by atoms with E-state index in [1.807, 2.05) is 6.07 Å². The van der Waals surface area contributed by atoms with Gasteiger partial charge in [0, 0.05) is 24.0 Å². The van der Waals surface area contributed by atoms with Crippen LogP contribution in [0.2, 0.25) is 0 Å². The number of aryl methyl sites for hydroxylation is 1. The van der Waals surface area contributed by atoms with Gasteiger partial charge in [-0.15, -0.1) is 0 Å². The van der Waals surface area contributed by atoms with E-state index in [0.717, 1.165) is 5.52 Å². The first-order chi connectivity index (χ1) is 9.06. The van der Waals surface area contributed by atoms with Gasteiger partial charge in [-0.25, -0.2) is 4.79 Å². The Balaban J connectivity index is 2.17. The molecule has 0 amide bonds. The second-order valence-electron chi connectivity index (χ2n) is 4.26. The lowest BCUT2D eigenvalue weighted by atomic mass is 10.2. The summed E-state index contributed by atoms with van der Waals surface area (Å²) in [4.78, 5) is 14.1. The van der Waals surface area contributed by atoms with Gasteiger partial charge < -0.3 is 15.2 Å². The first-order valence-corrected chi connectivity index (χ1v) is 5.64. The first kappa shape index (κ1) is 11.3. The van der Waals surface area contributed by atoms with Crippen molar-refractivity contribution in [1.82, 2.24) is 14.8 Å². The maximum Gasteiger partial charge on any atom is 0.354 e. The number of carboxylic acid groups (broad SMARTS) is 1. The van der Waals surface area contributed by atoms with Gasteiger partial charge >= 0.3 is 5.97 Å². The van der Waals surface area contributed by atoms with Crippen LogP contribution in [0.15, 0.2) is 30.3 Å². The van der Waals surface area contributed by atoms with Gasteiger partial charge in [-0.3, -0.25) is 4.68 Å². The Labute approximate surface area is 107 Å². The van der Waals surface area contributed by atoms with Crippen molar-refractivity contribution in [2.75, 3.05) is 0 Å². The van der Waals surface area contributed by atoms with E-state index in [4.69, 9.17) is 5.11 Å². The predicted molar refractivity (Wildman–Crippen MR) is 69.1 cm³/mol. The van der Waals surface area contributed by atoms with Crippen LogP contribution in [0, 0.1) is 0 Å². The van der Waals surface area contributed by atoms with Crippen LogP contribution in [0.25, 0.3) is 22.3 Å². The molecule has 2 heterocycles. The monoisotopic (exact) mass is 257 g/mol. The summed E-state index contributed by atoms with van der Waals surface area (Å²) >= 11 is 0. The number of rotatable bonds is 2. The van der Waals surface area contributed by atoms with E-state index < -0.39 is 5.97 Å². The molecule has 0 atom stereocenters. The van der Waals surface area contributed by atoms with E-state index in [-0.39, 0.29) is 11.4 Å². The number of nitrogens with one attached hydrogen (secondary N) is 1. The summed E-state index contributed by atoms with van der Waals surface area (Å²) in [6.07, 6.45) is 0. The number of H-pyrrole nitrogens is 1. The summed E-state index contributed by atoms with van der Waals surface area (Å²) in [5.41, 5.74) is 2.07. The van der Waals surface area contributed by atoms with Gasteiger partial charge in [-0.2, -0.15) is 5.10 Å². The largest absolute Gasteiger partial charge is 0.507 e. The molecule has 19 heavy (non-hydrogen) atoms. The fourth-order valence-corrected chi connectivity index (χ4v) is 2.08. The smallest absolute Gasteiger partial charge is 0.354 e. The van der Waals surface area contributed by atoms with Crippen molar-refractivity contribution < 1.29 is 15.0 Å². The van der Waals surface area contributed by atoms with Crippen molar-refractivity contribution in [2.45, 2.75) is 0 Å². The molecule has 0 aliphatic rings. The highest BCUT2D eigenvalue weighted by Crippen LogP contribution is 2.29. The van der Waals surface area contributed by atoms with Crippen molar-refractivity contribution in [1.29, 1.82) is 0 Å².